The van der Waals surface area contributed by atoms with Gasteiger partial charge in [-0.25, -0.2) is 4.98 Å². The lowest BCUT2D eigenvalue weighted by molar-refractivity contribution is 0.207. The Kier molecular flexibility index (Phi) is 3.36. The molecule has 1 N–H and O–H groups in total. The standard InChI is InChI=1S/C20H18N2O/c1-2-22-18-13-6-5-12-17(18)21-20(22)19(23)16-11-7-9-14-8-3-4-10-15(14)16/h3-13,19,23H,2H2,1H3. The summed E-state index contributed by atoms with van der Waals surface area (Å²) in [5.41, 5.74) is 2.88. The lowest BCUT2D eigenvalue weighted by Crippen LogP contribution is -2.09. The topological polar surface area (TPSA) is 38.0 Å². The predicted molar refractivity (Wildman–Crippen MR) is 93.4 cm³/mol. The number of imidazole rings is 1. The van der Waals surface area contributed by atoms with E-state index in [1.54, 1.807) is 0 Å². The van der Waals surface area contributed by atoms with Gasteiger partial charge in [-0.15, -0.1) is 0 Å². The lowest BCUT2D eigenvalue weighted by Gasteiger charge is -2.15. The average Bonchev–Trinajstić information content (AvgIpc) is 2.99. The van der Waals surface area contributed by atoms with Gasteiger partial charge in [-0.05, 0) is 35.4 Å². The molecule has 0 saturated carbocycles. The molecule has 0 aliphatic carbocycles. The molecule has 3 heteroatoms. The fourth-order valence-electron chi connectivity index (χ4n) is 3.26. The van der Waals surface area contributed by atoms with Crippen molar-refractivity contribution in [1.82, 2.24) is 9.55 Å². The molecule has 0 fully saturated rings. The molecule has 1 atom stereocenters. The number of aliphatic hydroxyl groups is 1. The van der Waals surface area contributed by atoms with Gasteiger partial charge in [-0.2, -0.15) is 0 Å². The fraction of sp³-hybridized carbons (Fsp3) is 0.150. The van der Waals surface area contributed by atoms with Crippen LogP contribution in [-0.2, 0) is 6.54 Å². The third kappa shape index (κ3) is 2.21. The van der Waals surface area contributed by atoms with E-state index in [-0.39, 0.29) is 0 Å². The monoisotopic (exact) mass is 302 g/mol. The van der Waals surface area contributed by atoms with Crippen LogP contribution in [0.15, 0.2) is 66.7 Å². The molecule has 0 aliphatic heterocycles. The summed E-state index contributed by atoms with van der Waals surface area (Å²) in [6.07, 6.45) is -0.742. The van der Waals surface area contributed by atoms with Crippen LogP contribution in [-0.4, -0.2) is 14.7 Å². The van der Waals surface area contributed by atoms with Crippen molar-refractivity contribution in [2.45, 2.75) is 19.6 Å². The van der Waals surface area contributed by atoms with Crippen molar-refractivity contribution in [2.75, 3.05) is 0 Å². The van der Waals surface area contributed by atoms with Gasteiger partial charge in [0.1, 0.15) is 11.9 Å². The van der Waals surface area contributed by atoms with Gasteiger partial charge in [0.25, 0.3) is 0 Å². The number of fused-ring (bicyclic) bond motifs is 2. The summed E-state index contributed by atoms with van der Waals surface area (Å²) < 4.78 is 2.09. The number of hydrogen-bond donors (Lipinski definition) is 1. The zero-order valence-electron chi connectivity index (χ0n) is 13.0. The summed E-state index contributed by atoms with van der Waals surface area (Å²) in [7, 11) is 0. The molecule has 0 amide bonds. The zero-order valence-corrected chi connectivity index (χ0v) is 13.0. The first-order chi connectivity index (χ1) is 11.3. The smallest absolute Gasteiger partial charge is 0.143 e. The van der Waals surface area contributed by atoms with Gasteiger partial charge in [0.2, 0.25) is 0 Å². The molecule has 3 nitrogen and oxygen atoms in total. The summed E-state index contributed by atoms with van der Waals surface area (Å²) in [5.74, 6) is 0.699. The van der Waals surface area contributed by atoms with E-state index in [4.69, 9.17) is 0 Å². The summed E-state index contributed by atoms with van der Waals surface area (Å²) >= 11 is 0. The van der Waals surface area contributed by atoms with Crippen molar-refractivity contribution < 1.29 is 5.11 Å². The molecule has 0 saturated heterocycles. The molecule has 1 heterocycles. The molecule has 0 bridgehead atoms. The second-order valence-corrected chi connectivity index (χ2v) is 5.67. The zero-order chi connectivity index (χ0) is 15.8. The van der Waals surface area contributed by atoms with Gasteiger partial charge in [-0.3, -0.25) is 0 Å². The van der Waals surface area contributed by atoms with Crippen molar-refractivity contribution in [3.05, 3.63) is 78.1 Å². The Morgan fingerprint density at radius 3 is 2.57 bits per heavy atom. The molecule has 3 aromatic carbocycles. The second-order valence-electron chi connectivity index (χ2n) is 5.67. The van der Waals surface area contributed by atoms with Gasteiger partial charge in [0, 0.05) is 6.54 Å². The van der Waals surface area contributed by atoms with Crippen molar-refractivity contribution in [3.8, 4) is 0 Å². The first-order valence-corrected chi connectivity index (χ1v) is 7.90. The molecule has 0 aliphatic rings. The van der Waals surface area contributed by atoms with E-state index in [0.29, 0.717) is 5.82 Å². The molecule has 4 aromatic rings. The maximum Gasteiger partial charge on any atom is 0.143 e. The molecule has 1 unspecified atom stereocenters. The largest absolute Gasteiger partial charge is 0.380 e. The highest BCUT2D eigenvalue weighted by Gasteiger charge is 2.20. The molecule has 23 heavy (non-hydrogen) atoms. The van der Waals surface area contributed by atoms with E-state index in [1.165, 1.54) is 0 Å². The lowest BCUT2D eigenvalue weighted by atomic mass is 10.00. The number of aryl methyl sites for hydroxylation is 1. The van der Waals surface area contributed by atoms with Crippen molar-refractivity contribution in [3.63, 3.8) is 0 Å². The van der Waals surface area contributed by atoms with E-state index >= 15 is 0 Å². The van der Waals surface area contributed by atoms with Crippen LogP contribution in [0.2, 0.25) is 0 Å². The van der Waals surface area contributed by atoms with Crippen LogP contribution in [0.3, 0.4) is 0 Å². The SMILES string of the molecule is CCn1c(C(O)c2cccc3ccccc23)nc2ccccc21. The van der Waals surface area contributed by atoms with Gasteiger partial charge in [0.15, 0.2) is 0 Å². The molecular formula is C20H18N2O. The van der Waals surface area contributed by atoms with E-state index in [9.17, 15) is 5.11 Å². The van der Waals surface area contributed by atoms with Gasteiger partial charge < -0.3 is 9.67 Å². The minimum absolute atomic E-state index is 0.699. The number of para-hydroxylation sites is 2. The Bertz CT molecular complexity index is 982. The summed E-state index contributed by atoms with van der Waals surface area (Å²) in [6, 6.07) is 22.2. The highest BCUT2D eigenvalue weighted by molar-refractivity contribution is 5.86. The molecular weight excluding hydrogens is 284 g/mol. The minimum atomic E-state index is -0.742. The van der Waals surface area contributed by atoms with Crippen LogP contribution in [0.5, 0.6) is 0 Å². The summed E-state index contributed by atoms with van der Waals surface area (Å²) in [6.45, 7) is 2.85. The van der Waals surface area contributed by atoms with Crippen LogP contribution >= 0.6 is 0 Å². The highest BCUT2D eigenvalue weighted by Crippen LogP contribution is 2.30. The number of hydrogen-bond acceptors (Lipinski definition) is 2. The minimum Gasteiger partial charge on any atom is -0.380 e. The van der Waals surface area contributed by atoms with Crippen molar-refractivity contribution in [2.24, 2.45) is 0 Å². The predicted octanol–water partition coefficient (Wildman–Crippen LogP) is 4.29. The quantitative estimate of drug-likeness (QED) is 0.613. The molecule has 0 spiro atoms. The summed E-state index contributed by atoms with van der Waals surface area (Å²) in [4.78, 5) is 4.68. The number of benzene rings is 3. The first kappa shape index (κ1) is 14.0. The molecule has 4 rings (SSSR count). The third-order valence-electron chi connectivity index (χ3n) is 4.36. The number of nitrogens with zero attached hydrogens (tertiary/aromatic N) is 2. The third-order valence-corrected chi connectivity index (χ3v) is 4.36. The van der Waals surface area contributed by atoms with Crippen molar-refractivity contribution >= 4 is 21.8 Å². The Morgan fingerprint density at radius 2 is 1.70 bits per heavy atom. The normalized spacial score (nSPS) is 12.8. The van der Waals surface area contributed by atoms with Gasteiger partial charge in [-0.1, -0.05) is 54.6 Å². The Balaban J connectivity index is 1.93. The maximum absolute atomic E-state index is 11.0. The Morgan fingerprint density at radius 1 is 0.957 bits per heavy atom. The van der Waals surface area contributed by atoms with E-state index in [2.05, 4.69) is 28.6 Å². The number of aromatic nitrogens is 2. The van der Waals surface area contributed by atoms with Crippen molar-refractivity contribution in [1.29, 1.82) is 0 Å². The Labute approximate surface area is 134 Å². The fourth-order valence-corrected chi connectivity index (χ4v) is 3.26. The summed E-state index contributed by atoms with van der Waals surface area (Å²) in [5, 5.41) is 13.2. The average molecular weight is 302 g/mol. The van der Waals surface area contributed by atoms with E-state index < -0.39 is 6.10 Å². The molecule has 0 radical (unpaired) electrons. The van der Waals surface area contributed by atoms with Gasteiger partial charge in [0.05, 0.1) is 11.0 Å². The second kappa shape index (κ2) is 5.52. The van der Waals surface area contributed by atoms with Gasteiger partial charge >= 0.3 is 0 Å². The van der Waals surface area contributed by atoms with Crippen LogP contribution in [0.25, 0.3) is 21.8 Å². The van der Waals surface area contributed by atoms with Crippen LogP contribution in [0.4, 0.5) is 0 Å². The highest BCUT2D eigenvalue weighted by atomic mass is 16.3. The number of rotatable bonds is 3. The Hall–Kier alpha value is -2.65. The van der Waals surface area contributed by atoms with Crippen LogP contribution in [0.1, 0.15) is 24.4 Å². The maximum atomic E-state index is 11.0. The molecule has 114 valence electrons. The first-order valence-electron chi connectivity index (χ1n) is 7.90. The van der Waals surface area contributed by atoms with E-state index in [0.717, 1.165) is 33.9 Å². The van der Waals surface area contributed by atoms with Crippen LogP contribution in [0, 0.1) is 0 Å². The van der Waals surface area contributed by atoms with Crippen LogP contribution < -0.4 is 0 Å². The molecule has 1 aromatic heterocycles. The number of aliphatic hydroxyl groups excluding tert-OH is 1. The van der Waals surface area contributed by atoms with E-state index in [1.807, 2.05) is 54.6 Å².